The highest BCUT2D eigenvalue weighted by molar-refractivity contribution is 5.72. The van der Waals surface area contributed by atoms with Crippen molar-refractivity contribution in [1.29, 1.82) is 0 Å². The second kappa shape index (κ2) is 6.70. The number of piperidine rings is 1. The van der Waals surface area contributed by atoms with Crippen molar-refractivity contribution in [1.82, 2.24) is 10.3 Å². The molecule has 0 aromatic carbocycles. The summed E-state index contributed by atoms with van der Waals surface area (Å²) in [7, 11) is 0. The van der Waals surface area contributed by atoms with Crippen LogP contribution in [0.15, 0.2) is 18.3 Å². The van der Waals surface area contributed by atoms with Crippen LogP contribution in [0.2, 0.25) is 0 Å². The number of nitrogens with one attached hydrogen (secondary N) is 1. The van der Waals surface area contributed by atoms with E-state index in [0.29, 0.717) is 5.92 Å². The summed E-state index contributed by atoms with van der Waals surface area (Å²) in [5.74, 6) is 1.63. The van der Waals surface area contributed by atoms with E-state index in [4.69, 9.17) is 5.73 Å². The minimum Gasteiger partial charge on any atom is -0.356 e. The number of amides is 1. The molecule has 2 heterocycles. The van der Waals surface area contributed by atoms with E-state index in [2.05, 4.69) is 21.3 Å². The Morgan fingerprint density at radius 2 is 2.25 bits per heavy atom. The van der Waals surface area contributed by atoms with E-state index in [1.54, 1.807) is 6.92 Å². The third kappa shape index (κ3) is 3.70. The minimum atomic E-state index is -0.00389. The summed E-state index contributed by atoms with van der Waals surface area (Å²) in [6.45, 7) is 6.29. The van der Waals surface area contributed by atoms with Gasteiger partial charge in [-0.05, 0) is 31.7 Å². The van der Waals surface area contributed by atoms with Gasteiger partial charge in [0.1, 0.15) is 5.82 Å². The van der Waals surface area contributed by atoms with Gasteiger partial charge >= 0.3 is 0 Å². The van der Waals surface area contributed by atoms with Crippen molar-refractivity contribution >= 4 is 11.7 Å². The first-order valence-corrected chi connectivity index (χ1v) is 7.27. The smallest absolute Gasteiger partial charge is 0.216 e. The summed E-state index contributed by atoms with van der Waals surface area (Å²) in [6, 6.07) is 3.98. The zero-order chi connectivity index (χ0) is 14.5. The summed E-state index contributed by atoms with van der Waals surface area (Å²) in [4.78, 5) is 17.8. The second-order valence-corrected chi connectivity index (χ2v) is 5.57. The summed E-state index contributed by atoms with van der Waals surface area (Å²) >= 11 is 0. The molecule has 0 radical (unpaired) electrons. The Kier molecular flexibility index (Phi) is 4.95. The molecule has 0 unspecified atom stereocenters. The van der Waals surface area contributed by atoms with Crippen molar-refractivity contribution in [2.24, 2.45) is 11.7 Å². The molecule has 1 aromatic rings. The maximum absolute atomic E-state index is 10.9. The van der Waals surface area contributed by atoms with Crippen LogP contribution in [0.5, 0.6) is 0 Å². The maximum Gasteiger partial charge on any atom is 0.216 e. The van der Waals surface area contributed by atoms with Crippen molar-refractivity contribution in [3.63, 3.8) is 0 Å². The maximum atomic E-state index is 10.9. The fraction of sp³-hybridized carbons (Fsp3) is 0.600. The van der Waals surface area contributed by atoms with Crippen LogP contribution in [0.25, 0.3) is 0 Å². The van der Waals surface area contributed by atoms with Gasteiger partial charge in [-0.1, -0.05) is 6.07 Å². The molecule has 2 rings (SSSR count). The molecule has 5 nitrogen and oxygen atoms in total. The fourth-order valence-electron chi connectivity index (χ4n) is 2.67. The van der Waals surface area contributed by atoms with E-state index in [1.807, 2.05) is 19.2 Å². The van der Waals surface area contributed by atoms with Crippen molar-refractivity contribution in [3.8, 4) is 0 Å². The molecular formula is C15H24N4O. The summed E-state index contributed by atoms with van der Waals surface area (Å²) in [5, 5.41) is 2.91. The first-order valence-electron chi connectivity index (χ1n) is 7.27. The average Bonchev–Trinajstić information content (AvgIpc) is 2.45. The van der Waals surface area contributed by atoms with Gasteiger partial charge in [0.2, 0.25) is 5.91 Å². The SMILES string of the molecule is CC(=O)NCC1CCN(c2ncccc2[C@H](C)N)CC1. The number of anilines is 1. The quantitative estimate of drug-likeness (QED) is 0.873. The molecule has 1 fully saturated rings. The Balaban J connectivity index is 1.95. The van der Waals surface area contributed by atoms with Gasteiger partial charge in [-0.25, -0.2) is 4.98 Å². The first kappa shape index (κ1) is 14.8. The van der Waals surface area contributed by atoms with Crippen molar-refractivity contribution in [2.45, 2.75) is 32.7 Å². The number of hydrogen-bond acceptors (Lipinski definition) is 4. The van der Waals surface area contributed by atoms with Crippen LogP contribution in [0.3, 0.4) is 0 Å². The molecule has 0 saturated carbocycles. The zero-order valence-electron chi connectivity index (χ0n) is 12.3. The monoisotopic (exact) mass is 276 g/mol. The van der Waals surface area contributed by atoms with Crippen LogP contribution < -0.4 is 16.0 Å². The zero-order valence-corrected chi connectivity index (χ0v) is 12.3. The van der Waals surface area contributed by atoms with E-state index in [-0.39, 0.29) is 11.9 Å². The number of carbonyl (C=O) groups is 1. The molecule has 1 aliphatic heterocycles. The standard InChI is InChI=1S/C15H24N4O/c1-11(16)14-4-3-7-17-15(14)19-8-5-13(6-9-19)10-18-12(2)20/h3-4,7,11,13H,5-6,8-10,16H2,1-2H3,(H,18,20)/t11-/m0/s1. The summed E-state index contributed by atoms with van der Waals surface area (Å²) in [5.41, 5.74) is 7.12. The van der Waals surface area contributed by atoms with Gasteiger partial charge in [0, 0.05) is 44.4 Å². The lowest BCUT2D eigenvalue weighted by Crippen LogP contribution is -2.39. The molecule has 1 aromatic heterocycles. The Morgan fingerprint density at radius 3 is 2.85 bits per heavy atom. The molecule has 1 atom stereocenters. The van der Waals surface area contributed by atoms with E-state index in [0.717, 1.165) is 43.9 Å². The minimum absolute atomic E-state index is 0.00389. The Labute approximate surface area is 120 Å². The van der Waals surface area contributed by atoms with Crippen molar-refractivity contribution < 1.29 is 4.79 Å². The Hall–Kier alpha value is -1.62. The molecule has 5 heteroatoms. The van der Waals surface area contributed by atoms with Crippen molar-refractivity contribution in [2.75, 3.05) is 24.5 Å². The highest BCUT2D eigenvalue weighted by Crippen LogP contribution is 2.26. The highest BCUT2D eigenvalue weighted by Gasteiger charge is 2.22. The van der Waals surface area contributed by atoms with Crippen LogP contribution in [0.1, 0.15) is 38.3 Å². The summed E-state index contributed by atoms with van der Waals surface area (Å²) in [6.07, 6.45) is 3.98. The number of aromatic nitrogens is 1. The third-order valence-corrected chi connectivity index (χ3v) is 3.86. The van der Waals surface area contributed by atoms with Crippen molar-refractivity contribution in [3.05, 3.63) is 23.9 Å². The first-order chi connectivity index (χ1) is 9.58. The Morgan fingerprint density at radius 1 is 1.55 bits per heavy atom. The highest BCUT2D eigenvalue weighted by atomic mass is 16.1. The number of hydrogen-bond donors (Lipinski definition) is 2. The number of nitrogens with zero attached hydrogens (tertiary/aromatic N) is 2. The topological polar surface area (TPSA) is 71.2 Å². The fourth-order valence-corrected chi connectivity index (χ4v) is 2.67. The van der Waals surface area contributed by atoms with Crippen LogP contribution in [0.4, 0.5) is 5.82 Å². The lowest BCUT2D eigenvalue weighted by atomic mass is 9.96. The van der Waals surface area contributed by atoms with Gasteiger partial charge in [0.25, 0.3) is 0 Å². The molecule has 0 bridgehead atoms. The van der Waals surface area contributed by atoms with E-state index in [9.17, 15) is 4.79 Å². The van der Waals surface area contributed by atoms with E-state index >= 15 is 0 Å². The average molecular weight is 276 g/mol. The van der Waals surface area contributed by atoms with E-state index in [1.165, 1.54) is 0 Å². The molecule has 1 saturated heterocycles. The lowest BCUT2D eigenvalue weighted by molar-refractivity contribution is -0.119. The van der Waals surface area contributed by atoms with Gasteiger partial charge in [-0.3, -0.25) is 4.79 Å². The molecular weight excluding hydrogens is 252 g/mol. The molecule has 1 aliphatic rings. The van der Waals surface area contributed by atoms with Gasteiger partial charge in [-0.15, -0.1) is 0 Å². The molecule has 110 valence electrons. The molecule has 3 N–H and O–H groups in total. The molecule has 1 amide bonds. The lowest BCUT2D eigenvalue weighted by Gasteiger charge is -2.34. The number of carbonyl (C=O) groups excluding carboxylic acids is 1. The largest absolute Gasteiger partial charge is 0.356 e. The normalized spacial score (nSPS) is 17.9. The number of rotatable bonds is 4. The second-order valence-electron chi connectivity index (χ2n) is 5.57. The van der Waals surface area contributed by atoms with Gasteiger partial charge in [0.15, 0.2) is 0 Å². The van der Waals surface area contributed by atoms with Gasteiger partial charge < -0.3 is 16.0 Å². The van der Waals surface area contributed by atoms with Gasteiger partial charge in [0.05, 0.1) is 0 Å². The molecule has 0 aliphatic carbocycles. The van der Waals surface area contributed by atoms with Crippen LogP contribution in [-0.2, 0) is 4.79 Å². The van der Waals surface area contributed by atoms with Crippen LogP contribution in [-0.4, -0.2) is 30.5 Å². The van der Waals surface area contributed by atoms with Crippen LogP contribution >= 0.6 is 0 Å². The predicted molar refractivity (Wildman–Crippen MR) is 80.5 cm³/mol. The third-order valence-electron chi connectivity index (χ3n) is 3.86. The molecule has 20 heavy (non-hydrogen) atoms. The number of pyridine rings is 1. The predicted octanol–water partition coefficient (Wildman–Crippen LogP) is 1.45. The number of nitrogens with two attached hydrogens (primary N) is 1. The Bertz CT molecular complexity index is 453. The molecule has 0 spiro atoms. The summed E-state index contributed by atoms with van der Waals surface area (Å²) < 4.78 is 0. The van der Waals surface area contributed by atoms with E-state index < -0.39 is 0 Å². The van der Waals surface area contributed by atoms with Gasteiger partial charge in [-0.2, -0.15) is 0 Å². The van der Waals surface area contributed by atoms with Crippen LogP contribution in [0, 0.1) is 5.92 Å².